The van der Waals surface area contributed by atoms with Gasteiger partial charge in [0.25, 0.3) is 0 Å². The van der Waals surface area contributed by atoms with Crippen molar-refractivity contribution < 1.29 is 9.90 Å². The van der Waals surface area contributed by atoms with Gasteiger partial charge in [0.15, 0.2) is 0 Å². The van der Waals surface area contributed by atoms with E-state index in [1.807, 2.05) is 18.7 Å². The van der Waals surface area contributed by atoms with Gasteiger partial charge >= 0.3 is 5.97 Å². The molecule has 0 bridgehead atoms. The Labute approximate surface area is 113 Å². The number of anilines is 1. The van der Waals surface area contributed by atoms with Crippen LogP contribution < -0.4 is 4.90 Å². The van der Waals surface area contributed by atoms with Crippen LogP contribution in [-0.2, 0) is 11.8 Å². The number of aliphatic carboxylic acids is 1. The fourth-order valence-electron chi connectivity index (χ4n) is 2.77. The van der Waals surface area contributed by atoms with Crippen LogP contribution >= 0.6 is 0 Å². The second-order valence-electron chi connectivity index (χ2n) is 5.31. The topological polar surface area (TPSA) is 58.4 Å². The summed E-state index contributed by atoms with van der Waals surface area (Å²) in [5.41, 5.74) is 1.78. The van der Waals surface area contributed by atoms with Crippen LogP contribution in [0.2, 0.25) is 0 Å². The summed E-state index contributed by atoms with van der Waals surface area (Å²) in [6.07, 6.45) is 5.27. The Bertz CT molecular complexity index is 505. The van der Waals surface area contributed by atoms with Crippen molar-refractivity contribution in [2.24, 2.45) is 13.0 Å². The molecular formula is C14H21N3O2. The van der Waals surface area contributed by atoms with E-state index in [1.165, 1.54) is 18.9 Å². The first-order valence-corrected chi connectivity index (χ1v) is 6.68. The molecular weight excluding hydrogens is 242 g/mol. The van der Waals surface area contributed by atoms with Crippen molar-refractivity contribution in [3.05, 3.63) is 17.3 Å². The van der Waals surface area contributed by atoms with Crippen molar-refractivity contribution >= 4 is 17.9 Å². The molecule has 5 nitrogen and oxygen atoms in total. The van der Waals surface area contributed by atoms with Gasteiger partial charge in [-0.1, -0.05) is 6.92 Å². The standard InChI is InChI=1S/C14H21N3O2/c1-10-5-4-8-17(9-10)14-12(6-7-13(18)19)11(2)15-16(14)3/h6-7,10H,4-5,8-9H2,1-3H3,(H,18,19)/b7-6+. The van der Waals surface area contributed by atoms with Gasteiger partial charge in [-0.15, -0.1) is 0 Å². The summed E-state index contributed by atoms with van der Waals surface area (Å²) in [6, 6.07) is 0. The van der Waals surface area contributed by atoms with E-state index in [0.717, 1.165) is 30.2 Å². The van der Waals surface area contributed by atoms with Crippen molar-refractivity contribution in [2.75, 3.05) is 18.0 Å². The van der Waals surface area contributed by atoms with E-state index >= 15 is 0 Å². The molecule has 1 atom stereocenters. The first-order valence-electron chi connectivity index (χ1n) is 6.68. The number of hydrogen-bond donors (Lipinski definition) is 1. The minimum absolute atomic E-state index is 0.667. The van der Waals surface area contributed by atoms with Crippen LogP contribution in [0.25, 0.3) is 6.08 Å². The van der Waals surface area contributed by atoms with Crippen molar-refractivity contribution in [1.29, 1.82) is 0 Å². The third-order valence-electron chi connectivity index (χ3n) is 3.59. The molecule has 1 aliphatic rings. The second kappa shape index (κ2) is 5.47. The van der Waals surface area contributed by atoms with Gasteiger partial charge in [0, 0.05) is 31.8 Å². The molecule has 104 valence electrons. The SMILES string of the molecule is Cc1nn(C)c(N2CCCC(C)C2)c1/C=C/C(=O)O. The molecule has 1 saturated heterocycles. The highest BCUT2D eigenvalue weighted by molar-refractivity contribution is 5.87. The first kappa shape index (κ1) is 13.6. The molecule has 1 unspecified atom stereocenters. The minimum atomic E-state index is -0.929. The average Bonchev–Trinajstić information content (AvgIpc) is 2.61. The van der Waals surface area contributed by atoms with E-state index < -0.39 is 5.97 Å². The van der Waals surface area contributed by atoms with Crippen molar-refractivity contribution in [1.82, 2.24) is 9.78 Å². The molecule has 1 aromatic heterocycles. The molecule has 1 aliphatic heterocycles. The maximum atomic E-state index is 10.7. The monoisotopic (exact) mass is 263 g/mol. The lowest BCUT2D eigenvalue weighted by Gasteiger charge is -2.33. The summed E-state index contributed by atoms with van der Waals surface area (Å²) in [6.45, 7) is 6.19. The fraction of sp³-hybridized carbons (Fsp3) is 0.571. The average molecular weight is 263 g/mol. The Kier molecular flexibility index (Phi) is 3.93. The molecule has 0 aliphatic carbocycles. The van der Waals surface area contributed by atoms with E-state index in [1.54, 1.807) is 6.08 Å². The third kappa shape index (κ3) is 2.97. The van der Waals surface area contributed by atoms with Gasteiger partial charge in [0.1, 0.15) is 5.82 Å². The van der Waals surface area contributed by atoms with E-state index in [2.05, 4.69) is 16.9 Å². The molecule has 1 N–H and O–H groups in total. The number of piperidine rings is 1. The van der Waals surface area contributed by atoms with Gasteiger partial charge in [-0.25, -0.2) is 4.79 Å². The van der Waals surface area contributed by atoms with Crippen LogP contribution in [0.3, 0.4) is 0 Å². The highest BCUT2D eigenvalue weighted by atomic mass is 16.4. The summed E-state index contributed by atoms with van der Waals surface area (Å²) >= 11 is 0. The Morgan fingerprint density at radius 3 is 2.89 bits per heavy atom. The molecule has 0 saturated carbocycles. The fourth-order valence-corrected chi connectivity index (χ4v) is 2.77. The van der Waals surface area contributed by atoms with Gasteiger partial charge in [-0.05, 0) is 31.8 Å². The van der Waals surface area contributed by atoms with Crippen LogP contribution in [0.15, 0.2) is 6.08 Å². The zero-order valence-corrected chi connectivity index (χ0v) is 11.8. The molecule has 2 heterocycles. The summed E-state index contributed by atoms with van der Waals surface area (Å²) in [7, 11) is 1.92. The Hall–Kier alpha value is -1.78. The number of hydrogen-bond acceptors (Lipinski definition) is 3. The molecule has 19 heavy (non-hydrogen) atoms. The van der Waals surface area contributed by atoms with Crippen LogP contribution in [0.4, 0.5) is 5.82 Å². The number of aryl methyl sites for hydroxylation is 2. The van der Waals surface area contributed by atoms with Crippen LogP contribution in [0.5, 0.6) is 0 Å². The zero-order chi connectivity index (χ0) is 14.0. The predicted molar refractivity (Wildman–Crippen MR) is 75.2 cm³/mol. The second-order valence-corrected chi connectivity index (χ2v) is 5.31. The quantitative estimate of drug-likeness (QED) is 0.848. The Balaban J connectivity index is 2.35. The number of rotatable bonds is 3. The molecule has 0 spiro atoms. The maximum absolute atomic E-state index is 10.7. The summed E-state index contributed by atoms with van der Waals surface area (Å²) < 4.78 is 1.86. The zero-order valence-electron chi connectivity index (χ0n) is 11.8. The third-order valence-corrected chi connectivity index (χ3v) is 3.59. The smallest absolute Gasteiger partial charge is 0.328 e. The van der Waals surface area contributed by atoms with E-state index in [-0.39, 0.29) is 0 Å². The largest absolute Gasteiger partial charge is 0.478 e. The highest BCUT2D eigenvalue weighted by Gasteiger charge is 2.22. The highest BCUT2D eigenvalue weighted by Crippen LogP contribution is 2.28. The molecule has 0 radical (unpaired) electrons. The van der Waals surface area contributed by atoms with Crippen LogP contribution in [0, 0.1) is 12.8 Å². The van der Waals surface area contributed by atoms with Crippen LogP contribution in [0.1, 0.15) is 31.0 Å². The van der Waals surface area contributed by atoms with Gasteiger partial charge < -0.3 is 10.0 Å². The minimum Gasteiger partial charge on any atom is -0.478 e. The number of nitrogens with zero attached hydrogens (tertiary/aromatic N) is 3. The van der Waals surface area contributed by atoms with Gasteiger partial charge in [-0.2, -0.15) is 5.10 Å². The van der Waals surface area contributed by atoms with Crippen molar-refractivity contribution in [3.8, 4) is 0 Å². The van der Waals surface area contributed by atoms with Crippen molar-refractivity contribution in [3.63, 3.8) is 0 Å². The summed E-state index contributed by atoms with van der Waals surface area (Å²) in [5, 5.41) is 13.2. The maximum Gasteiger partial charge on any atom is 0.328 e. The number of carbonyl (C=O) groups is 1. The molecule has 1 fully saturated rings. The van der Waals surface area contributed by atoms with Crippen LogP contribution in [-0.4, -0.2) is 33.9 Å². The van der Waals surface area contributed by atoms with E-state index in [9.17, 15) is 4.79 Å². The number of carboxylic acid groups (broad SMARTS) is 1. The summed E-state index contributed by atoms with van der Waals surface area (Å²) in [4.78, 5) is 13.0. The molecule has 0 amide bonds. The number of carboxylic acids is 1. The lowest BCUT2D eigenvalue weighted by molar-refractivity contribution is -0.131. The molecule has 0 aromatic carbocycles. The van der Waals surface area contributed by atoms with Gasteiger partial charge in [0.2, 0.25) is 0 Å². The first-order chi connectivity index (χ1) is 8.99. The summed E-state index contributed by atoms with van der Waals surface area (Å²) in [5.74, 6) is 0.767. The predicted octanol–water partition coefficient (Wildman–Crippen LogP) is 2.06. The lowest BCUT2D eigenvalue weighted by Crippen LogP contribution is -2.35. The number of aromatic nitrogens is 2. The normalized spacial score (nSPS) is 20.2. The molecule has 2 rings (SSSR count). The molecule has 5 heteroatoms. The van der Waals surface area contributed by atoms with Gasteiger partial charge in [0.05, 0.1) is 5.69 Å². The Morgan fingerprint density at radius 2 is 2.26 bits per heavy atom. The lowest BCUT2D eigenvalue weighted by atomic mass is 10.00. The van der Waals surface area contributed by atoms with Crippen molar-refractivity contribution in [2.45, 2.75) is 26.7 Å². The molecule has 1 aromatic rings. The van der Waals surface area contributed by atoms with Gasteiger partial charge in [-0.3, -0.25) is 4.68 Å². The van der Waals surface area contributed by atoms with E-state index in [0.29, 0.717) is 5.92 Å². The Morgan fingerprint density at radius 1 is 1.53 bits per heavy atom. The van der Waals surface area contributed by atoms with E-state index in [4.69, 9.17) is 5.11 Å².